The number of carbonyl (C=O) groups is 2. The number of rotatable bonds is 9. The monoisotopic (exact) mass is 336 g/mol. The van der Waals surface area contributed by atoms with Crippen molar-refractivity contribution in [2.75, 3.05) is 7.11 Å². The lowest BCUT2D eigenvalue weighted by Crippen LogP contribution is -2.40. The van der Waals surface area contributed by atoms with E-state index >= 15 is 0 Å². The Hall–Kier alpha value is -2.18. The van der Waals surface area contributed by atoms with Gasteiger partial charge in [0.25, 0.3) is 0 Å². The first kappa shape index (κ1) is 19.9. The van der Waals surface area contributed by atoms with E-state index in [4.69, 9.17) is 9.84 Å². The van der Waals surface area contributed by atoms with E-state index in [1.165, 1.54) is 6.08 Å². The number of hydrogen-bond acceptors (Lipinski definition) is 5. The molecule has 0 saturated heterocycles. The maximum absolute atomic E-state index is 11.3. The number of esters is 1. The summed E-state index contributed by atoms with van der Waals surface area (Å²) >= 11 is 0. The van der Waals surface area contributed by atoms with Gasteiger partial charge < -0.3 is 19.7 Å². The van der Waals surface area contributed by atoms with Gasteiger partial charge in [0.05, 0.1) is 25.7 Å². The number of carboxylic acid groups (broad SMARTS) is 1. The predicted molar refractivity (Wildman–Crippen MR) is 88.3 cm³/mol. The van der Waals surface area contributed by atoms with Crippen LogP contribution in [0.2, 0.25) is 0 Å². The van der Waals surface area contributed by atoms with E-state index in [1.807, 2.05) is 44.2 Å². The largest absolute Gasteiger partial charge is 0.479 e. The lowest BCUT2D eigenvalue weighted by atomic mass is 9.94. The lowest BCUT2D eigenvalue weighted by molar-refractivity contribution is -0.165. The molecule has 0 saturated carbocycles. The number of carbonyl (C=O) groups excluding carboxylic acids is 1. The van der Waals surface area contributed by atoms with Crippen LogP contribution in [0.15, 0.2) is 42.5 Å². The van der Waals surface area contributed by atoms with E-state index in [-0.39, 0.29) is 6.42 Å². The summed E-state index contributed by atoms with van der Waals surface area (Å²) in [5.41, 5.74) is -1.83. The minimum atomic E-state index is -2.20. The highest BCUT2D eigenvalue weighted by molar-refractivity contribution is 5.84. The van der Waals surface area contributed by atoms with E-state index in [0.717, 1.165) is 12.7 Å². The molecule has 0 heterocycles. The molecule has 0 radical (unpaired) electrons. The summed E-state index contributed by atoms with van der Waals surface area (Å²) in [7, 11) is 1.14. The Bertz CT molecular complexity index is 578. The van der Waals surface area contributed by atoms with Gasteiger partial charge in [0.15, 0.2) is 5.60 Å². The van der Waals surface area contributed by atoms with Crippen LogP contribution < -0.4 is 0 Å². The van der Waals surface area contributed by atoms with Crippen LogP contribution in [0.4, 0.5) is 0 Å². The highest BCUT2D eigenvalue weighted by Gasteiger charge is 2.38. The van der Waals surface area contributed by atoms with Crippen LogP contribution in [0.5, 0.6) is 0 Å². The van der Waals surface area contributed by atoms with E-state index in [9.17, 15) is 14.7 Å². The molecule has 0 aliphatic carbocycles. The average Bonchev–Trinajstić information content (AvgIpc) is 2.53. The van der Waals surface area contributed by atoms with Crippen molar-refractivity contribution in [2.45, 2.75) is 44.5 Å². The molecule has 1 unspecified atom stereocenters. The van der Waals surface area contributed by atoms with Gasteiger partial charge in [-0.1, -0.05) is 42.5 Å². The molecule has 1 aromatic carbocycles. The molecule has 1 aromatic rings. The van der Waals surface area contributed by atoms with Gasteiger partial charge in [0, 0.05) is 6.42 Å². The minimum absolute atomic E-state index is 0.227. The van der Waals surface area contributed by atoms with Crippen LogP contribution in [0.1, 0.15) is 32.3 Å². The summed E-state index contributed by atoms with van der Waals surface area (Å²) in [6, 6.07) is 9.64. The molecule has 6 heteroatoms. The maximum Gasteiger partial charge on any atom is 0.336 e. The molecular weight excluding hydrogens is 312 g/mol. The van der Waals surface area contributed by atoms with Gasteiger partial charge in [0.2, 0.25) is 0 Å². The van der Waals surface area contributed by atoms with Gasteiger partial charge >= 0.3 is 11.9 Å². The number of aliphatic carboxylic acids is 1. The van der Waals surface area contributed by atoms with Crippen LogP contribution in [0.3, 0.4) is 0 Å². The second-order valence-corrected chi connectivity index (χ2v) is 6.07. The smallest absolute Gasteiger partial charge is 0.336 e. The molecule has 0 aliphatic rings. The third-order valence-electron chi connectivity index (χ3n) is 3.49. The molecule has 0 aliphatic heterocycles. The van der Waals surface area contributed by atoms with Crippen molar-refractivity contribution in [3.05, 3.63) is 48.0 Å². The fourth-order valence-electron chi connectivity index (χ4n) is 1.98. The van der Waals surface area contributed by atoms with Gasteiger partial charge in [-0.25, -0.2) is 4.79 Å². The summed E-state index contributed by atoms with van der Waals surface area (Å²) in [5, 5.41) is 19.2. The Balaban J connectivity index is 2.64. The third kappa shape index (κ3) is 6.52. The van der Waals surface area contributed by atoms with Crippen molar-refractivity contribution in [3.63, 3.8) is 0 Å². The topological polar surface area (TPSA) is 93.1 Å². The van der Waals surface area contributed by atoms with E-state index < -0.39 is 29.6 Å². The number of methoxy groups -OCH3 is 1. The van der Waals surface area contributed by atoms with Crippen molar-refractivity contribution in [3.8, 4) is 0 Å². The molecule has 2 N–H and O–H groups in total. The molecule has 1 atom stereocenters. The predicted octanol–water partition coefficient (Wildman–Crippen LogP) is 2.31. The zero-order valence-electron chi connectivity index (χ0n) is 14.2. The summed E-state index contributed by atoms with van der Waals surface area (Å²) < 4.78 is 10.2. The summed E-state index contributed by atoms with van der Waals surface area (Å²) in [5.74, 6) is -2.26. The molecule has 0 bridgehead atoms. The first-order valence-corrected chi connectivity index (χ1v) is 7.57. The van der Waals surface area contributed by atoms with Gasteiger partial charge in [-0.3, -0.25) is 4.79 Å². The van der Waals surface area contributed by atoms with Gasteiger partial charge in [-0.15, -0.1) is 0 Å². The fourth-order valence-corrected chi connectivity index (χ4v) is 1.98. The van der Waals surface area contributed by atoms with Crippen molar-refractivity contribution in [1.29, 1.82) is 0 Å². The fraction of sp³-hybridized carbons (Fsp3) is 0.444. The average molecular weight is 336 g/mol. The molecule has 6 nitrogen and oxygen atoms in total. The van der Waals surface area contributed by atoms with E-state index in [0.29, 0.717) is 6.61 Å². The van der Waals surface area contributed by atoms with Gasteiger partial charge in [0.1, 0.15) is 0 Å². The molecule has 0 spiro atoms. The quantitative estimate of drug-likeness (QED) is 0.531. The van der Waals surface area contributed by atoms with Crippen molar-refractivity contribution in [2.24, 2.45) is 0 Å². The van der Waals surface area contributed by atoms with Crippen molar-refractivity contribution >= 4 is 11.9 Å². The highest BCUT2D eigenvalue weighted by atomic mass is 16.5. The molecule has 0 aromatic heterocycles. The second kappa shape index (κ2) is 8.61. The van der Waals surface area contributed by atoms with Crippen LogP contribution in [-0.2, 0) is 25.7 Å². The Morgan fingerprint density at radius 2 is 1.83 bits per heavy atom. The molecule has 0 fully saturated rings. The molecule has 1 rings (SSSR count). The Kier molecular flexibility index (Phi) is 7.13. The second-order valence-electron chi connectivity index (χ2n) is 6.07. The lowest BCUT2D eigenvalue weighted by Gasteiger charge is -2.23. The summed E-state index contributed by atoms with van der Waals surface area (Å²) in [4.78, 5) is 22.5. The number of ether oxygens (including phenoxy) is 2. The van der Waals surface area contributed by atoms with Crippen LogP contribution in [0.25, 0.3) is 0 Å². The Morgan fingerprint density at radius 3 is 2.38 bits per heavy atom. The van der Waals surface area contributed by atoms with Crippen LogP contribution in [0, 0.1) is 0 Å². The number of carboxylic acids is 1. The van der Waals surface area contributed by atoms with E-state index in [2.05, 4.69) is 4.74 Å². The Morgan fingerprint density at radius 1 is 1.21 bits per heavy atom. The zero-order valence-corrected chi connectivity index (χ0v) is 14.2. The molecular formula is C18H24O6. The molecule has 24 heavy (non-hydrogen) atoms. The van der Waals surface area contributed by atoms with Crippen LogP contribution >= 0.6 is 0 Å². The number of hydrogen-bond donors (Lipinski definition) is 2. The summed E-state index contributed by atoms with van der Waals surface area (Å²) in [6.07, 6.45) is 2.33. The van der Waals surface area contributed by atoms with Gasteiger partial charge in [-0.05, 0) is 19.4 Å². The van der Waals surface area contributed by atoms with Crippen LogP contribution in [-0.4, -0.2) is 40.5 Å². The number of aliphatic hydroxyl groups is 1. The van der Waals surface area contributed by atoms with Crippen molar-refractivity contribution < 1.29 is 29.3 Å². The molecule has 0 amide bonds. The summed E-state index contributed by atoms with van der Waals surface area (Å²) in [6.45, 7) is 4.06. The minimum Gasteiger partial charge on any atom is -0.479 e. The van der Waals surface area contributed by atoms with E-state index in [1.54, 1.807) is 6.08 Å². The number of benzene rings is 1. The molecule has 132 valence electrons. The first-order chi connectivity index (χ1) is 11.2. The highest BCUT2D eigenvalue weighted by Crippen LogP contribution is 2.20. The SMILES string of the molecule is COC(=O)CC(O)(CC=CC(C)(C)OCc1ccccc1)C(=O)O. The first-order valence-electron chi connectivity index (χ1n) is 7.57. The van der Waals surface area contributed by atoms with Crippen molar-refractivity contribution in [1.82, 2.24) is 0 Å². The normalized spacial score (nSPS) is 14.3. The maximum atomic E-state index is 11.3. The third-order valence-corrected chi connectivity index (χ3v) is 3.49. The zero-order chi connectivity index (χ0) is 18.2. The van der Waals surface area contributed by atoms with Gasteiger partial charge in [-0.2, -0.15) is 0 Å². The standard InChI is InChI=1S/C18H24O6/c1-17(2,24-13-14-8-5-4-6-9-14)10-7-11-18(22,16(20)21)12-15(19)23-3/h4-10,22H,11-13H2,1-3H3,(H,20,21). The Labute approximate surface area is 141 Å².